The summed E-state index contributed by atoms with van der Waals surface area (Å²) in [6, 6.07) is 5.77. The largest absolute Gasteiger partial charge is 0.317 e. The lowest BCUT2D eigenvalue weighted by atomic mass is 9.85. The lowest BCUT2D eigenvalue weighted by Gasteiger charge is -2.28. The van der Waals surface area contributed by atoms with Crippen LogP contribution in [-0.4, -0.2) is 31.3 Å². The molecule has 23 heavy (non-hydrogen) atoms. The van der Waals surface area contributed by atoms with E-state index in [0.29, 0.717) is 12.3 Å². The first-order valence-corrected chi connectivity index (χ1v) is 8.65. The van der Waals surface area contributed by atoms with Gasteiger partial charge in [-0.15, -0.1) is 0 Å². The molecule has 3 rings (SSSR count). The van der Waals surface area contributed by atoms with Crippen molar-refractivity contribution in [3.63, 3.8) is 0 Å². The number of piperidine rings is 1. The molecule has 1 saturated heterocycles. The maximum absolute atomic E-state index is 12.9. The van der Waals surface area contributed by atoms with Crippen molar-refractivity contribution in [1.82, 2.24) is 5.32 Å². The highest BCUT2D eigenvalue weighted by molar-refractivity contribution is 6.08. The molecular weight excluding hydrogens is 288 g/mol. The number of benzene rings is 1. The lowest BCUT2D eigenvalue weighted by Crippen LogP contribution is -2.41. The van der Waals surface area contributed by atoms with Gasteiger partial charge in [0.05, 0.1) is 5.41 Å². The van der Waals surface area contributed by atoms with Crippen LogP contribution in [0.3, 0.4) is 0 Å². The van der Waals surface area contributed by atoms with E-state index in [4.69, 9.17) is 0 Å². The van der Waals surface area contributed by atoms with Gasteiger partial charge in [-0.3, -0.25) is 9.59 Å². The Morgan fingerprint density at radius 2 is 2.00 bits per heavy atom. The highest BCUT2D eigenvalue weighted by Gasteiger charge is 2.44. The Hall–Kier alpha value is -1.68. The van der Waals surface area contributed by atoms with E-state index in [-0.39, 0.29) is 11.7 Å². The van der Waals surface area contributed by atoms with Crippen LogP contribution < -0.4 is 10.2 Å². The van der Waals surface area contributed by atoms with E-state index in [1.807, 2.05) is 43.9 Å². The Morgan fingerprint density at radius 1 is 1.30 bits per heavy atom. The number of amides is 1. The van der Waals surface area contributed by atoms with Crippen molar-refractivity contribution in [1.29, 1.82) is 0 Å². The second-order valence-electron chi connectivity index (χ2n) is 7.24. The van der Waals surface area contributed by atoms with Gasteiger partial charge in [-0.05, 0) is 69.5 Å². The molecule has 0 saturated carbocycles. The van der Waals surface area contributed by atoms with Crippen molar-refractivity contribution in [3.8, 4) is 0 Å². The average Bonchev–Trinajstić information content (AvgIpc) is 2.76. The van der Waals surface area contributed by atoms with Crippen molar-refractivity contribution in [2.75, 3.05) is 24.5 Å². The molecule has 1 amide bonds. The highest BCUT2D eigenvalue weighted by atomic mass is 16.2. The molecule has 1 N–H and O–H groups in total. The predicted octanol–water partition coefficient (Wildman–Crippen LogP) is 2.90. The van der Waals surface area contributed by atoms with Crippen molar-refractivity contribution in [2.24, 2.45) is 5.92 Å². The number of nitrogens with zero attached hydrogens (tertiary/aromatic N) is 1. The average molecular weight is 314 g/mol. The van der Waals surface area contributed by atoms with Crippen LogP contribution in [-0.2, 0) is 10.2 Å². The second kappa shape index (κ2) is 6.08. The zero-order valence-corrected chi connectivity index (χ0v) is 14.3. The number of ketones is 1. The Morgan fingerprint density at radius 3 is 2.65 bits per heavy atom. The first kappa shape index (κ1) is 16.2. The van der Waals surface area contributed by atoms with Crippen LogP contribution in [0.5, 0.6) is 0 Å². The molecular formula is C19H26N2O2. The fourth-order valence-corrected chi connectivity index (χ4v) is 3.72. The molecule has 0 unspecified atom stereocenters. The zero-order chi connectivity index (χ0) is 16.6. The number of fused-ring (bicyclic) bond motifs is 1. The van der Waals surface area contributed by atoms with Gasteiger partial charge >= 0.3 is 0 Å². The van der Waals surface area contributed by atoms with Gasteiger partial charge in [-0.1, -0.05) is 6.92 Å². The molecule has 1 aromatic carbocycles. The van der Waals surface area contributed by atoms with Crippen LogP contribution in [0.2, 0.25) is 0 Å². The SMILES string of the molecule is CCC(=O)c1ccc2c(c1)C(C)(C)C(=O)N2CC1CCNCC1. The fourth-order valence-electron chi connectivity index (χ4n) is 3.72. The second-order valence-corrected chi connectivity index (χ2v) is 7.24. The summed E-state index contributed by atoms with van der Waals surface area (Å²) in [5.74, 6) is 0.846. The first-order valence-electron chi connectivity index (χ1n) is 8.65. The number of nitrogens with one attached hydrogen (secondary N) is 1. The maximum atomic E-state index is 12.9. The van der Waals surface area contributed by atoms with Crippen LogP contribution in [0.25, 0.3) is 0 Å². The quantitative estimate of drug-likeness (QED) is 0.869. The number of hydrogen-bond donors (Lipinski definition) is 1. The monoisotopic (exact) mass is 314 g/mol. The van der Waals surface area contributed by atoms with Gasteiger partial charge < -0.3 is 10.2 Å². The predicted molar refractivity (Wildman–Crippen MR) is 92.0 cm³/mol. The smallest absolute Gasteiger partial charge is 0.237 e. The molecule has 4 heteroatoms. The summed E-state index contributed by atoms with van der Waals surface area (Å²) in [5, 5.41) is 3.37. The number of hydrogen-bond acceptors (Lipinski definition) is 3. The molecule has 0 spiro atoms. The van der Waals surface area contributed by atoms with Gasteiger partial charge in [0.15, 0.2) is 5.78 Å². The Labute approximate surface area is 138 Å². The van der Waals surface area contributed by atoms with E-state index in [2.05, 4.69) is 5.32 Å². The summed E-state index contributed by atoms with van der Waals surface area (Å²) in [4.78, 5) is 26.9. The minimum Gasteiger partial charge on any atom is -0.317 e. The van der Waals surface area contributed by atoms with E-state index in [9.17, 15) is 9.59 Å². The number of carbonyl (C=O) groups is 2. The Balaban J connectivity index is 1.92. The van der Waals surface area contributed by atoms with Gasteiger partial charge in [0, 0.05) is 24.2 Å². The van der Waals surface area contributed by atoms with Gasteiger partial charge in [0.1, 0.15) is 0 Å². The third kappa shape index (κ3) is 2.80. The van der Waals surface area contributed by atoms with E-state index in [1.165, 1.54) is 0 Å². The molecule has 2 aliphatic heterocycles. The van der Waals surface area contributed by atoms with E-state index in [0.717, 1.165) is 49.3 Å². The summed E-state index contributed by atoms with van der Waals surface area (Å²) in [6.45, 7) is 8.67. The molecule has 0 aliphatic carbocycles. The van der Waals surface area contributed by atoms with Crippen LogP contribution in [0, 0.1) is 5.92 Å². The normalized spacial score (nSPS) is 20.7. The minimum atomic E-state index is -0.549. The molecule has 4 nitrogen and oxygen atoms in total. The molecule has 1 fully saturated rings. The number of Topliss-reactive ketones (excluding diaryl/α,β-unsaturated/α-hetero) is 1. The summed E-state index contributed by atoms with van der Waals surface area (Å²) in [5.41, 5.74) is 2.16. The van der Waals surface area contributed by atoms with Crippen LogP contribution in [0.4, 0.5) is 5.69 Å². The van der Waals surface area contributed by atoms with Gasteiger partial charge in [-0.25, -0.2) is 0 Å². The molecule has 0 bridgehead atoms. The first-order chi connectivity index (χ1) is 10.9. The molecule has 0 aromatic heterocycles. The van der Waals surface area contributed by atoms with Gasteiger partial charge in [0.2, 0.25) is 5.91 Å². The molecule has 0 atom stereocenters. The molecule has 2 heterocycles. The van der Waals surface area contributed by atoms with Crippen molar-refractivity contribution < 1.29 is 9.59 Å². The highest BCUT2D eigenvalue weighted by Crippen LogP contribution is 2.42. The van der Waals surface area contributed by atoms with Crippen molar-refractivity contribution in [3.05, 3.63) is 29.3 Å². The summed E-state index contributed by atoms with van der Waals surface area (Å²) < 4.78 is 0. The number of rotatable bonds is 4. The zero-order valence-electron chi connectivity index (χ0n) is 14.3. The molecule has 2 aliphatic rings. The Bertz CT molecular complexity index is 630. The Kier molecular flexibility index (Phi) is 4.28. The summed E-state index contributed by atoms with van der Waals surface area (Å²) in [7, 11) is 0. The van der Waals surface area contributed by atoms with Crippen LogP contribution in [0.1, 0.15) is 56.0 Å². The van der Waals surface area contributed by atoms with Crippen LogP contribution in [0.15, 0.2) is 18.2 Å². The van der Waals surface area contributed by atoms with Crippen molar-refractivity contribution >= 4 is 17.4 Å². The van der Waals surface area contributed by atoms with Crippen LogP contribution >= 0.6 is 0 Å². The van der Waals surface area contributed by atoms with E-state index < -0.39 is 5.41 Å². The summed E-state index contributed by atoms with van der Waals surface area (Å²) in [6.07, 6.45) is 2.73. The number of anilines is 1. The lowest BCUT2D eigenvalue weighted by molar-refractivity contribution is -0.122. The van der Waals surface area contributed by atoms with Crippen molar-refractivity contribution in [2.45, 2.75) is 45.4 Å². The molecule has 1 aromatic rings. The van der Waals surface area contributed by atoms with E-state index >= 15 is 0 Å². The van der Waals surface area contributed by atoms with Gasteiger partial charge in [-0.2, -0.15) is 0 Å². The standard InChI is InChI=1S/C19H26N2O2/c1-4-17(22)14-5-6-16-15(11-14)19(2,3)18(23)21(16)12-13-7-9-20-10-8-13/h5-6,11,13,20H,4,7-10,12H2,1-3H3. The van der Waals surface area contributed by atoms with Gasteiger partial charge in [0.25, 0.3) is 0 Å². The molecule has 124 valence electrons. The third-order valence-corrected chi connectivity index (χ3v) is 5.28. The molecule has 0 radical (unpaired) electrons. The maximum Gasteiger partial charge on any atom is 0.237 e. The minimum absolute atomic E-state index is 0.132. The third-order valence-electron chi connectivity index (χ3n) is 5.28. The topological polar surface area (TPSA) is 49.4 Å². The number of carbonyl (C=O) groups excluding carboxylic acids is 2. The van der Waals surface area contributed by atoms with E-state index in [1.54, 1.807) is 0 Å². The summed E-state index contributed by atoms with van der Waals surface area (Å²) >= 11 is 0. The fraction of sp³-hybridized carbons (Fsp3) is 0.579.